The molecular weight excluding hydrogens is 253 g/mol. The van der Waals surface area contributed by atoms with E-state index < -0.39 is 0 Å². The van der Waals surface area contributed by atoms with Crippen LogP contribution < -0.4 is 15.5 Å². The van der Waals surface area contributed by atoms with Crippen LogP contribution in [0.2, 0.25) is 10.0 Å². The van der Waals surface area contributed by atoms with Crippen molar-refractivity contribution in [2.24, 2.45) is 0 Å². The summed E-state index contributed by atoms with van der Waals surface area (Å²) in [6.45, 7) is 1.21. The maximum atomic E-state index is 6.08. The Morgan fingerprint density at radius 3 is 2.20 bits per heavy atom. The molecule has 80 valence electrons. The minimum absolute atomic E-state index is 0.606. The van der Waals surface area contributed by atoms with Gasteiger partial charge in [-0.15, -0.1) is 0 Å². The summed E-state index contributed by atoms with van der Waals surface area (Å²) < 4.78 is 0. The average molecular weight is 262 g/mol. The lowest BCUT2D eigenvalue weighted by molar-refractivity contribution is 0.672. The number of anilines is 1. The molecule has 1 aliphatic rings. The number of nitrogens with zero attached hydrogens (tertiary/aromatic N) is 1. The topological polar surface area (TPSA) is 27.3 Å². The summed E-state index contributed by atoms with van der Waals surface area (Å²) in [6, 6.07) is 5.45. The van der Waals surface area contributed by atoms with Crippen LogP contribution in [0.15, 0.2) is 18.2 Å². The Balaban J connectivity index is 2.26. The van der Waals surface area contributed by atoms with E-state index in [1.807, 2.05) is 23.1 Å². The summed E-state index contributed by atoms with van der Waals surface area (Å²) >= 11 is 17.1. The van der Waals surface area contributed by atoms with Gasteiger partial charge in [-0.25, -0.2) is 0 Å². The summed E-state index contributed by atoms with van der Waals surface area (Å²) in [5.74, 6) is 0. The van der Waals surface area contributed by atoms with E-state index >= 15 is 0 Å². The molecule has 6 heteroatoms. The predicted octanol–water partition coefficient (Wildman–Crippen LogP) is 2.19. The predicted molar refractivity (Wildman–Crippen MR) is 67.5 cm³/mol. The molecule has 0 aliphatic carbocycles. The summed E-state index contributed by atoms with van der Waals surface area (Å²) in [5.41, 5.74) is 0.823. The van der Waals surface area contributed by atoms with Crippen LogP contribution in [0.4, 0.5) is 5.69 Å². The smallest absolute Gasteiger partial charge is 0.169 e. The molecule has 1 heterocycles. The van der Waals surface area contributed by atoms with E-state index in [9.17, 15) is 0 Å². The van der Waals surface area contributed by atoms with Crippen molar-refractivity contribution in [3.8, 4) is 0 Å². The molecule has 1 fully saturated rings. The van der Waals surface area contributed by atoms with Gasteiger partial charge in [0.1, 0.15) is 0 Å². The molecule has 0 bridgehead atoms. The first kappa shape index (κ1) is 10.8. The minimum atomic E-state index is 0.606. The zero-order chi connectivity index (χ0) is 10.8. The first-order valence-corrected chi connectivity index (χ1v) is 5.55. The molecule has 1 aliphatic heterocycles. The van der Waals surface area contributed by atoms with Crippen LogP contribution in [0.3, 0.4) is 0 Å². The molecule has 1 aromatic rings. The van der Waals surface area contributed by atoms with Crippen molar-refractivity contribution < 1.29 is 0 Å². The molecule has 0 amide bonds. The van der Waals surface area contributed by atoms with Gasteiger partial charge in [0.05, 0.1) is 29.1 Å². The van der Waals surface area contributed by atoms with Crippen LogP contribution in [-0.2, 0) is 0 Å². The van der Waals surface area contributed by atoms with Crippen LogP contribution in [0, 0.1) is 0 Å². The second-order valence-corrected chi connectivity index (χ2v) is 4.33. The van der Waals surface area contributed by atoms with Gasteiger partial charge in [-0.2, -0.15) is 0 Å². The van der Waals surface area contributed by atoms with Gasteiger partial charge in [0.25, 0.3) is 0 Å². The van der Waals surface area contributed by atoms with Gasteiger partial charge < -0.3 is 15.5 Å². The molecule has 0 aromatic heterocycles. The zero-order valence-corrected chi connectivity index (χ0v) is 10.1. The Hall–Kier alpha value is -0.710. The van der Waals surface area contributed by atoms with Crippen LogP contribution >= 0.6 is 35.4 Å². The third kappa shape index (κ3) is 2.27. The van der Waals surface area contributed by atoms with Gasteiger partial charge in [-0.3, -0.25) is 0 Å². The van der Waals surface area contributed by atoms with Crippen LogP contribution in [0.5, 0.6) is 0 Å². The van der Waals surface area contributed by atoms with Crippen molar-refractivity contribution in [1.82, 2.24) is 10.6 Å². The first-order valence-electron chi connectivity index (χ1n) is 4.39. The molecule has 0 radical (unpaired) electrons. The number of rotatable bonds is 1. The van der Waals surface area contributed by atoms with Crippen molar-refractivity contribution in [3.05, 3.63) is 28.2 Å². The molecule has 1 aromatic carbocycles. The van der Waals surface area contributed by atoms with Gasteiger partial charge >= 0.3 is 0 Å². The van der Waals surface area contributed by atoms with Crippen LogP contribution in [0.25, 0.3) is 0 Å². The number of benzene rings is 1. The highest BCUT2D eigenvalue weighted by molar-refractivity contribution is 7.80. The SMILES string of the molecule is S=C1NCN(c2c(Cl)cccc2Cl)CN1. The lowest BCUT2D eigenvalue weighted by atomic mass is 10.3. The summed E-state index contributed by atoms with van der Waals surface area (Å²) in [6.07, 6.45) is 0. The van der Waals surface area contributed by atoms with Gasteiger partial charge in [-0.1, -0.05) is 29.3 Å². The molecular formula is C9H9Cl2N3S. The van der Waals surface area contributed by atoms with E-state index in [0.717, 1.165) is 5.69 Å². The Morgan fingerprint density at radius 2 is 1.67 bits per heavy atom. The van der Waals surface area contributed by atoms with Gasteiger partial charge in [0.15, 0.2) is 5.11 Å². The monoisotopic (exact) mass is 261 g/mol. The highest BCUT2D eigenvalue weighted by Crippen LogP contribution is 2.33. The van der Waals surface area contributed by atoms with Gasteiger partial charge in [0, 0.05) is 0 Å². The molecule has 2 rings (SSSR count). The number of para-hydroxylation sites is 1. The van der Waals surface area contributed by atoms with Crippen molar-refractivity contribution in [2.75, 3.05) is 18.2 Å². The number of hydrogen-bond donors (Lipinski definition) is 2. The summed E-state index contributed by atoms with van der Waals surface area (Å²) in [7, 11) is 0. The molecule has 2 N–H and O–H groups in total. The number of nitrogens with one attached hydrogen (secondary N) is 2. The van der Waals surface area contributed by atoms with Crippen molar-refractivity contribution in [3.63, 3.8) is 0 Å². The maximum Gasteiger partial charge on any atom is 0.169 e. The Labute approximate surface area is 103 Å². The standard InChI is InChI=1S/C9H9Cl2N3S/c10-6-2-1-3-7(11)8(6)14-4-12-9(15)13-5-14/h1-3H,4-5H2,(H2,12,13,15). The molecule has 0 spiro atoms. The Bertz CT molecular complexity index is 367. The second-order valence-electron chi connectivity index (χ2n) is 3.11. The molecule has 0 atom stereocenters. The van der Waals surface area contributed by atoms with Crippen molar-refractivity contribution in [1.29, 1.82) is 0 Å². The van der Waals surface area contributed by atoms with E-state index in [4.69, 9.17) is 35.4 Å². The maximum absolute atomic E-state index is 6.08. The number of halogens is 2. The Morgan fingerprint density at radius 1 is 1.13 bits per heavy atom. The summed E-state index contributed by atoms with van der Waals surface area (Å²) in [4.78, 5) is 1.99. The molecule has 15 heavy (non-hydrogen) atoms. The fraction of sp³-hybridized carbons (Fsp3) is 0.222. The molecule has 1 saturated heterocycles. The minimum Gasteiger partial charge on any atom is -0.345 e. The lowest BCUT2D eigenvalue weighted by Crippen LogP contribution is -2.54. The van der Waals surface area contributed by atoms with E-state index in [0.29, 0.717) is 28.5 Å². The van der Waals surface area contributed by atoms with E-state index in [1.54, 1.807) is 0 Å². The van der Waals surface area contributed by atoms with Gasteiger partial charge in [-0.05, 0) is 24.4 Å². The van der Waals surface area contributed by atoms with E-state index in [1.165, 1.54) is 0 Å². The van der Waals surface area contributed by atoms with Crippen LogP contribution in [0.1, 0.15) is 0 Å². The number of hydrogen-bond acceptors (Lipinski definition) is 2. The van der Waals surface area contributed by atoms with E-state index in [2.05, 4.69) is 10.6 Å². The first-order chi connectivity index (χ1) is 7.18. The summed E-state index contributed by atoms with van der Waals surface area (Å²) in [5, 5.41) is 7.95. The van der Waals surface area contributed by atoms with E-state index in [-0.39, 0.29) is 0 Å². The number of thiocarbonyl (C=S) groups is 1. The fourth-order valence-electron chi connectivity index (χ4n) is 1.40. The van der Waals surface area contributed by atoms with Crippen molar-refractivity contribution >= 4 is 46.2 Å². The third-order valence-corrected chi connectivity index (χ3v) is 3.01. The van der Waals surface area contributed by atoms with Crippen LogP contribution in [-0.4, -0.2) is 18.4 Å². The average Bonchev–Trinajstić information content (AvgIpc) is 2.20. The molecule has 0 unspecified atom stereocenters. The quantitative estimate of drug-likeness (QED) is 0.759. The highest BCUT2D eigenvalue weighted by atomic mass is 35.5. The highest BCUT2D eigenvalue weighted by Gasteiger charge is 2.17. The largest absolute Gasteiger partial charge is 0.345 e. The fourth-order valence-corrected chi connectivity index (χ4v) is 2.17. The third-order valence-electron chi connectivity index (χ3n) is 2.11. The molecule has 3 nitrogen and oxygen atoms in total. The molecule has 0 saturated carbocycles. The van der Waals surface area contributed by atoms with Gasteiger partial charge in [0.2, 0.25) is 0 Å². The van der Waals surface area contributed by atoms with Crippen molar-refractivity contribution in [2.45, 2.75) is 0 Å². The zero-order valence-electron chi connectivity index (χ0n) is 7.76. The lowest BCUT2D eigenvalue weighted by Gasteiger charge is -2.32. The normalized spacial score (nSPS) is 15.9. The Kier molecular flexibility index (Phi) is 3.19. The second kappa shape index (κ2) is 4.43.